The van der Waals surface area contributed by atoms with Crippen molar-refractivity contribution < 1.29 is 14.3 Å². The van der Waals surface area contributed by atoms with Crippen molar-refractivity contribution in [3.8, 4) is 23.0 Å². The second kappa shape index (κ2) is 12.2. The lowest BCUT2D eigenvalue weighted by molar-refractivity contribution is 0.0522. The van der Waals surface area contributed by atoms with Gasteiger partial charge >= 0.3 is 5.97 Å². The number of nitrogens with zero attached hydrogens (tertiary/aromatic N) is 4. The van der Waals surface area contributed by atoms with E-state index < -0.39 is 5.97 Å². The van der Waals surface area contributed by atoms with Crippen LogP contribution in [0.5, 0.6) is 5.88 Å². The number of methoxy groups -OCH3 is 1. The highest BCUT2D eigenvalue weighted by molar-refractivity contribution is 5.92. The Labute approximate surface area is 246 Å². The van der Waals surface area contributed by atoms with Gasteiger partial charge in [0.15, 0.2) is 5.82 Å². The molecule has 0 saturated heterocycles. The molecule has 42 heavy (non-hydrogen) atoms. The molecular formula is C33H36N6O3. The molecule has 4 aromatic rings. The van der Waals surface area contributed by atoms with Gasteiger partial charge in [-0.1, -0.05) is 37.3 Å². The molecule has 1 aromatic carbocycles. The average molecular weight is 565 g/mol. The molecule has 0 radical (unpaired) electrons. The number of anilines is 1. The monoisotopic (exact) mass is 564 g/mol. The number of carbonyl (C=O) groups is 1. The summed E-state index contributed by atoms with van der Waals surface area (Å²) in [6.07, 6.45) is 7.60. The van der Waals surface area contributed by atoms with E-state index in [2.05, 4.69) is 59.1 Å². The van der Waals surface area contributed by atoms with Gasteiger partial charge in [-0.3, -0.25) is 0 Å². The third-order valence-corrected chi connectivity index (χ3v) is 7.93. The van der Waals surface area contributed by atoms with Crippen LogP contribution in [0.3, 0.4) is 0 Å². The predicted molar refractivity (Wildman–Crippen MR) is 163 cm³/mol. The Morgan fingerprint density at radius 1 is 1.07 bits per heavy atom. The lowest BCUT2D eigenvalue weighted by Crippen LogP contribution is -2.20. The Bertz CT molecular complexity index is 1640. The molecule has 2 aliphatic rings. The number of hydrogen-bond acceptors (Lipinski definition) is 8. The number of nitrogens with one attached hydrogen (secondary N) is 2. The van der Waals surface area contributed by atoms with Crippen molar-refractivity contribution >= 4 is 17.4 Å². The molecule has 216 valence electrons. The van der Waals surface area contributed by atoms with E-state index in [9.17, 15) is 4.79 Å². The van der Waals surface area contributed by atoms with E-state index in [-0.39, 0.29) is 24.1 Å². The summed E-state index contributed by atoms with van der Waals surface area (Å²) in [7, 11) is 1.51. The highest BCUT2D eigenvalue weighted by atomic mass is 16.5. The molecule has 0 bridgehead atoms. The lowest BCUT2D eigenvalue weighted by Gasteiger charge is -2.21. The number of hydrogen-bond donors (Lipinski definition) is 2. The van der Waals surface area contributed by atoms with Gasteiger partial charge in [-0.15, -0.1) is 0 Å². The molecule has 1 atom stereocenters. The maximum atomic E-state index is 12.4. The number of carbonyl (C=O) groups excluding carboxylic acids is 1. The van der Waals surface area contributed by atoms with Crippen LogP contribution >= 0.6 is 0 Å². The fourth-order valence-corrected chi connectivity index (χ4v) is 5.98. The van der Waals surface area contributed by atoms with Crippen LogP contribution in [0, 0.1) is 0 Å². The van der Waals surface area contributed by atoms with Crippen LogP contribution in [0.4, 0.5) is 5.82 Å². The minimum Gasteiger partial charge on any atom is -0.480 e. The summed E-state index contributed by atoms with van der Waals surface area (Å²) in [5.41, 5.74) is 8.47. The minimum absolute atomic E-state index is 0.109. The number of rotatable bonds is 9. The smallest absolute Gasteiger partial charge is 0.345 e. The first kappa shape index (κ1) is 27.7. The SMILES string of the molecule is CCOC(=O)c1cnn(-c2cccc(-c3cccc4c3C(Nc3ccc(C5=CCNCC5)c(CC)n3)CC4)n2)c1OC. The molecule has 4 heterocycles. The Morgan fingerprint density at radius 3 is 2.74 bits per heavy atom. The van der Waals surface area contributed by atoms with Gasteiger partial charge in [0, 0.05) is 12.1 Å². The van der Waals surface area contributed by atoms with Crippen molar-refractivity contribution in [1.29, 1.82) is 0 Å². The van der Waals surface area contributed by atoms with Crippen LogP contribution in [-0.4, -0.2) is 52.5 Å². The number of aryl methyl sites for hydroxylation is 2. The van der Waals surface area contributed by atoms with Crippen molar-refractivity contribution in [2.45, 2.75) is 45.6 Å². The second-order valence-electron chi connectivity index (χ2n) is 10.4. The molecule has 1 unspecified atom stereocenters. The molecule has 0 fully saturated rings. The van der Waals surface area contributed by atoms with Crippen LogP contribution in [0.15, 0.2) is 60.8 Å². The summed E-state index contributed by atoms with van der Waals surface area (Å²) >= 11 is 0. The van der Waals surface area contributed by atoms with Gasteiger partial charge in [0.05, 0.1) is 37.3 Å². The van der Waals surface area contributed by atoms with Crippen LogP contribution in [0.1, 0.15) is 65.5 Å². The van der Waals surface area contributed by atoms with E-state index in [1.807, 2.05) is 18.2 Å². The Hall–Kier alpha value is -4.50. The Morgan fingerprint density at radius 2 is 1.95 bits per heavy atom. The van der Waals surface area contributed by atoms with Crippen LogP contribution in [-0.2, 0) is 17.6 Å². The number of ether oxygens (including phenoxy) is 2. The molecule has 1 aliphatic carbocycles. The van der Waals surface area contributed by atoms with Gasteiger partial charge in [0.1, 0.15) is 11.4 Å². The van der Waals surface area contributed by atoms with E-state index in [1.165, 1.54) is 40.3 Å². The molecule has 2 N–H and O–H groups in total. The summed E-state index contributed by atoms with van der Waals surface area (Å²) in [5.74, 6) is 1.26. The third kappa shape index (κ3) is 5.27. The minimum atomic E-state index is -0.480. The summed E-state index contributed by atoms with van der Waals surface area (Å²) in [6, 6.07) is 16.7. The first-order chi connectivity index (χ1) is 20.6. The van der Waals surface area contributed by atoms with Gasteiger partial charge in [0.2, 0.25) is 5.88 Å². The zero-order valence-electron chi connectivity index (χ0n) is 24.3. The topological polar surface area (TPSA) is 103 Å². The fourth-order valence-electron chi connectivity index (χ4n) is 5.98. The molecule has 0 amide bonds. The summed E-state index contributed by atoms with van der Waals surface area (Å²) in [4.78, 5) is 22.4. The van der Waals surface area contributed by atoms with Gasteiger partial charge in [0.25, 0.3) is 0 Å². The quantitative estimate of drug-likeness (QED) is 0.255. The number of aromatic nitrogens is 4. The first-order valence-corrected chi connectivity index (χ1v) is 14.7. The van der Waals surface area contributed by atoms with E-state index >= 15 is 0 Å². The van der Waals surface area contributed by atoms with E-state index in [0.29, 0.717) is 5.82 Å². The molecule has 0 spiro atoms. The van der Waals surface area contributed by atoms with Crippen molar-refractivity contribution in [3.05, 3.63) is 88.8 Å². The van der Waals surface area contributed by atoms with Crippen LogP contribution in [0.25, 0.3) is 22.6 Å². The lowest BCUT2D eigenvalue weighted by atomic mass is 9.97. The maximum Gasteiger partial charge on any atom is 0.345 e. The van der Waals surface area contributed by atoms with E-state index in [4.69, 9.17) is 19.4 Å². The van der Waals surface area contributed by atoms with E-state index in [0.717, 1.165) is 61.5 Å². The summed E-state index contributed by atoms with van der Waals surface area (Å²) < 4.78 is 12.2. The molecule has 9 nitrogen and oxygen atoms in total. The zero-order chi connectivity index (χ0) is 29.1. The Kier molecular flexibility index (Phi) is 8.01. The molecule has 3 aromatic heterocycles. The number of esters is 1. The normalized spacial score (nSPS) is 16.1. The van der Waals surface area contributed by atoms with Gasteiger partial charge in [-0.05, 0) is 85.7 Å². The standard InChI is InChI=1S/C33H36N6O3/c1-4-26-23(21-16-18-34-19-17-21)13-15-29(36-26)37-28-14-12-22-8-6-9-24(31(22)28)27-10-7-11-30(38-27)39-32(41-3)25(20-35-39)33(40)42-5-2/h6-11,13,15-16,20,28,34H,4-5,12,14,17-19H2,1-3H3,(H,36,37). The maximum absolute atomic E-state index is 12.4. The predicted octanol–water partition coefficient (Wildman–Crippen LogP) is 5.55. The number of fused-ring (bicyclic) bond motifs is 1. The average Bonchev–Trinajstić information content (AvgIpc) is 3.66. The Balaban J connectivity index is 1.31. The van der Waals surface area contributed by atoms with Gasteiger partial charge in [-0.2, -0.15) is 9.78 Å². The van der Waals surface area contributed by atoms with Crippen molar-refractivity contribution in [2.75, 3.05) is 32.1 Å². The number of pyridine rings is 2. The fraction of sp³-hybridized carbons (Fsp3) is 0.333. The van der Waals surface area contributed by atoms with Crippen LogP contribution < -0.4 is 15.4 Å². The summed E-state index contributed by atoms with van der Waals surface area (Å²) in [5, 5.41) is 11.5. The van der Waals surface area contributed by atoms with Crippen molar-refractivity contribution in [3.63, 3.8) is 0 Å². The molecule has 6 rings (SSSR count). The number of benzene rings is 1. The molecular weight excluding hydrogens is 528 g/mol. The highest BCUT2D eigenvalue weighted by Gasteiger charge is 2.27. The molecule has 0 saturated carbocycles. The third-order valence-electron chi connectivity index (χ3n) is 7.93. The van der Waals surface area contributed by atoms with Crippen molar-refractivity contribution in [2.24, 2.45) is 0 Å². The largest absolute Gasteiger partial charge is 0.480 e. The molecule has 9 heteroatoms. The van der Waals surface area contributed by atoms with Crippen LogP contribution in [0.2, 0.25) is 0 Å². The second-order valence-corrected chi connectivity index (χ2v) is 10.4. The summed E-state index contributed by atoms with van der Waals surface area (Å²) in [6.45, 7) is 6.12. The zero-order valence-corrected chi connectivity index (χ0v) is 24.3. The van der Waals surface area contributed by atoms with Crippen molar-refractivity contribution in [1.82, 2.24) is 25.1 Å². The highest BCUT2D eigenvalue weighted by Crippen LogP contribution is 2.40. The first-order valence-electron chi connectivity index (χ1n) is 14.7. The van der Waals surface area contributed by atoms with Gasteiger partial charge in [-0.25, -0.2) is 14.8 Å². The van der Waals surface area contributed by atoms with E-state index in [1.54, 1.807) is 6.92 Å². The molecule has 1 aliphatic heterocycles. The van der Waals surface area contributed by atoms with Gasteiger partial charge < -0.3 is 20.1 Å².